The van der Waals surface area contributed by atoms with Crippen molar-refractivity contribution in [3.8, 4) is 0 Å². The largest absolute Gasteiger partial charge is 0.373 e. The van der Waals surface area contributed by atoms with E-state index in [1.54, 1.807) is 0 Å². The van der Waals surface area contributed by atoms with Crippen molar-refractivity contribution in [1.29, 1.82) is 0 Å². The molecular formula is C11H15N3. The molecule has 2 atom stereocenters. The van der Waals surface area contributed by atoms with Gasteiger partial charge in [0, 0.05) is 20.1 Å². The molecule has 0 radical (unpaired) electrons. The summed E-state index contributed by atoms with van der Waals surface area (Å²) in [6.07, 6.45) is 1.45. The monoisotopic (exact) mass is 189 g/mol. The molecule has 3 nitrogen and oxygen atoms in total. The van der Waals surface area contributed by atoms with Gasteiger partial charge in [-0.2, -0.15) is 0 Å². The normalized spacial score (nSPS) is 28.8. The van der Waals surface area contributed by atoms with Crippen LogP contribution < -0.4 is 10.2 Å². The lowest BCUT2D eigenvalue weighted by Gasteiger charge is -2.19. The lowest BCUT2D eigenvalue weighted by molar-refractivity contribution is 0.806. The molecule has 1 saturated carbocycles. The first-order chi connectivity index (χ1) is 6.86. The van der Waals surface area contributed by atoms with Crippen molar-refractivity contribution < 1.29 is 0 Å². The van der Waals surface area contributed by atoms with Crippen LogP contribution in [0.4, 0.5) is 11.6 Å². The van der Waals surface area contributed by atoms with Gasteiger partial charge >= 0.3 is 0 Å². The first kappa shape index (κ1) is 8.09. The van der Waals surface area contributed by atoms with E-state index in [0.717, 1.165) is 23.5 Å². The van der Waals surface area contributed by atoms with E-state index in [0.29, 0.717) is 0 Å². The Morgan fingerprint density at radius 3 is 2.86 bits per heavy atom. The summed E-state index contributed by atoms with van der Waals surface area (Å²) in [6.45, 7) is 2.43. The summed E-state index contributed by atoms with van der Waals surface area (Å²) in [6, 6.07) is 6.17. The van der Waals surface area contributed by atoms with E-state index in [4.69, 9.17) is 0 Å². The molecule has 0 spiro atoms. The number of rotatable bonds is 2. The summed E-state index contributed by atoms with van der Waals surface area (Å²) in [5, 5.41) is 3.08. The van der Waals surface area contributed by atoms with Gasteiger partial charge in [0.1, 0.15) is 11.6 Å². The molecule has 2 fully saturated rings. The molecule has 1 saturated heterocycles. The number of aromatic nitrogens is 1. The zero-order valence-corrected chi connectivity index (χ0v) is 8.40. The maximum Gasteiger partial charge on any atom is 0.130 e. The van der Waals surface area contributed by atoms with Crippen molar-refractivity contribution in [3.63, 3.8) is 0 Å². The van der Waals surface area contributed by atoms with Crippen LogP contribution in [0, 0.1) is 11.8 Å². The Hall–Kier alpha value is -1.25. The number of nitrogens with zero attached hydrogens (tertiary/aromatic N) is 2. The quantitative estimate of drug-likeness (QED) is 0.765. The minimum Gasteiger partial charge on any atom is -0.373 e. The van der Waals surface area contributed by atoms with E-state index in [9.17, 15) is 0 Å². The topological polar surface area (TPSA) is 28.2 Å². The molecule has 14 heavy (non-hydrogen) atoms. The molecule has 0 amide bonds. The van der Waals surface area contributed by atoms with E-state index >= 15 is 0 Å². The van der Waals surface area contributed by atoms with Gasteiger partial charge in [0.05, 0.1) is 0 Å². The number of fused-ring (bicyclic) bond motifs is 1. The second-order valence-corrected chi connectivity index (χ2v) is 4.29. The van der Waals surface area contributed by atoms with Crippen LogP contribution in [-0.4, -0.2) is 25.1 Å². The molecule has 2 aliphatic rings. The Kier molecular flexibility index (Phi) is 1.66. The highest BCUT2D eigenvalue weighted by molar-refractivity contribution is 5.48. The first-order valence-electron chi connectivity index (χ1n) is 5.26. The van der Waals surface area contributed by atoms with Crippen molar-refractivity contribution in [2.45, 2.75) is 6.42 Å². The predicted molar refractivity (Wildman–Crippen MR) is 57.6 cm³/mol. The standard InChI is InChI=1S/C11H15N3/c1-12-10-3-2-4-11(13-10)14-6-8-5-9(8)7-14/h2-4,8-9H,5-7H2,1H3,(H,12,13). The van der Waals surface area contributed by atoms with Crippen molar-refractivity contribution in [2.24, 2.45) is 11.8 Å². The third-order valence-electron chi connectivity index (χ3n) is 3.29. The van der Waals surface area contributed by atoms with Crippen molar-refractivity contribution in [3.05, 3.63) is 18.2 Å². The molecular weight excluding hydrogens is 174 g/mol. The number of hydrogen-bond acceptors (Lipinski definition) is 3. The summed E-state index contributed by atoms with van der Waals surface area (Å²) >= 11 is 0. The smallest absolute Gasteiger partial charge is 0.130 e. The van der Waals surface area contributed by atoms with Gasteiger partial charge in [-0.3, -0.25) is 0 Å². The molecule has 3 rings (SSSR count). The Bertz CT molecular complexity index is 340. The average molecular weight is 189 g/mol. The van der Waals surface area contributed by atoms with Crippen LogP contribution in [0.25, 0.3) is 0 Å². The maximum absolute atomic E-state index is 4.54. The number of piperidine rings is 1. The lowest BCUT2D eigenvalue weighted by Crippen LogP contribution is -2.22. The minimum absolute atomic E-state index is 0.961. The van der Waals surface area contributed by atoms with Gasteiger partial charge in [-0.15, -0.1) is 0 Å². The van der Waals surface area contributed by atoms with Crippen molar-refractivity contribution in [1.82, 2.24) is 4.98 Å². The predicted octanol–water partition coefficient (Wildman–Crippen LogP) is 1.58. The fraction of sp³-hybridized carbons (Fsp3) is 0.545. The zero-order valence-electron chi connectivity index (χ0n) is 8.40. The second kappa shape index (κ2) is 2.87. The SMILES string of the molecule is CNc1cccc(N2CC3CC3C2)n1. The summed E-state index contributed by atoms with van der Waals surface area (Å²) in [5.41, 5.74) is 0. The van der Waals surface area contributed by atoms with Crippen LogP contribution in [0.5, 0.6) is 0 Å². The fourth-order valence-corrected chi connectivity index (χ4v) is 2.32. The highest BCUT2D eigenvalue weighted by Gasteiger charge is 2.45. The zero-order chi connectivity index (χ0) is 9.54. The molecule has 0 aromatic carbocycles. The van der Waals surface area contributed by atoms with Gasteiger partial charge in [-0.05, 0) is 30.4 Å². The van der Waals surface area contributed by atoms with E-state index in [-0.39, 0.29) is 0 Å². The van der Waals surface area contributed by atoms with Crippen LogP contribution in [0.15, 0.2) is 18.2 Å². The van der Waals surface area contributed by atoms with E-state index in [1.807, 2.05) is 13.1 Å². The summed E-state index contributed by atoms with van der Waals surface area (Å²) in [5.74, 6) is 4.03. The maximum atomic E-state index is 4.54. The van der Waals surface area contributed by atoms with E-state index < -0.39 is 0 Å². The molecule has 1 aliphatic carbocycles. The van der Waals surface area contributed by atoms with Gasteiger partial charge < -0.3 is 10.2 Å². The third-order valence-corrected chi connectivity index (χ3v) is 3.29. The Morgan fingerprint density at radius 2 is 2.14 bits per heavy atom. The molecule has 2 unspecified atom stereocenters. The van der Waals surface area contributed by atoms with Gasteiger partial charge in [-0.25, -0.2) is 4.98 Å². The van der Waals surface area contributed by atoms with Crippen LogP contribution in [0.1, 0.15) is 6.42 Å². The Morgan fingerprint density at radius 1 is 1.36 bits per heavy atom. The van der Waals surface area contributed by atoms with Crippen molar-refractivity contribution >= 4 is 11.6 Å². The molecule has 2 heterocycles. The van der Waals surface area contributed by atoms with Crippen LogP contribution in [-0.2, 0) is 0 Å². The van der Waals surface area contributed by atoms with Gasteiger partial charge in [0.15, 0.2) is 0 Å². The molecule has 0 bridgehead atoms. The number of anilines is 2. The molecule has 1 aliphatic heterocycles. The molecule has 74 valence electrons. The van der Waals surface area contributed by atoms with Crippen LogP contribution in [0.2, 0.25) is 0 Å². The van der Waals surface area contributed by atoms with Gasteiger partial charge in [-0.1, -0.05) is 6.07 Å². The van der Waals surface area contributed by atoms with Crippen LogP contribution in [0.3, 0.4) is 0 Å². The number of pyridine rings is 1. The molecule has 1 aromatic rings. The number of hydrogen-bond donors (Lipinski definition) is 1. The van der Waals surface area contributed by atoms with Gasteiger partial charge in [0.25, 0.3) is 0 Å². The average Bonchev–Trinajstić information content (AvgIpc) is 2.86. The fourth-order valence-electron chi connectivity index (χ4n) is 2.32. The lowest BCUT2D eigenvalue weighted by atomic mass is 10.4. The summed E-state index contributed by atoms with van der Waals surface area (Å²) < 4.78 is 0. The minimum atomic E-state index is 0.961. The van der Waals surface area contributed by atoms with Crippen molar-refractivity contribution in [2.75, 3.05) is 30.4 Å². The number of nitrogens with one attached hydrogen (secondary N) is 1. The first-order valence-corrected chi connectivity index (χ1v) is 5.26. The molecule has 1 N–H and O–H groups in total. The second-order valence-electron chi connectivity index (χ2n) is 4.29. The molecule has 1 aromatic heterocycles. The van der Waals surface area contributed by atoms with E-state index in [2.05, 4.69) is 27.3 Å². The molecule has 3 heteroatoms. The highest BCUT2D eigenvalue weighted by atomic mass is 15.2. The van der Waals surface area contributed by atoms with E-state index in [1.165, 1.54) is 19.5 Å². The summed E-state index contributed by atoms with van der Waals surface area (Å²) in [7, 11) is 1.91. The third kappa shape index (κ3) is 1.24. The van der Waals surface area contributed by atoms with Crippen LogP contribution >= 0.6 is 0 Å². The summed E-state index contributed by atoms with van der Waals surface area (Å²) in [4.78, 5) is 6.95. The Labute approximate surface area is 84.1 Å². The van der Waals surface area contributed by atoms with Gasteiger partial charge in [0.2, 0.25) is 0 Å². The Balaban J connectivity index is 1.81. The highest BCUT2D eigenvalue weighted by Crippen LogP contribution is 2.45.